The maximum atomic E-state index is 12.3. The van der Waals surface area contributed by atoms with Gasteiger partial charge in [-0.2, -0.15) is 0 Å². The van der Waals surface area contributed by atoms with Crippen LogP contribution in [0.4, 0.5) is 5.82 Å². The molecule has 0 aromatic carbocycles. The summed E-state index contributed by atoms with van der Waals surface area (Å²) in [5.41, 5.74) is 0.621. The number of hydrogen-bond acceptors (Lipinski definition) is 4. The zero-order valence-electron chi connectivity index (χ0n) is 12.8. The van der Waals surface area contributed by atoms with Crippen LogP contribution in [0.3, 0.4) is 0 Å². The minimum absolute atomic E-state index is 0.00168. The molecule has 22 heavy (non-hydrogen) atoms. The molecule has 6 heteroatoms. The van der Waals surface area contributed by atoms with Gasteiger partial charge in [-0.3, -0.25) is 4.79 Å². The first-order chi connectivity index (χ1) is 10.6. The summed E-state index contributed by atoms with van der Waals surface area (Å²) >= 11 is 0. The number of hydrogen-bond donors (Lipinski definition) is 1. The molecule has 1 amide bonds. The van der Waals surface area contributed by atoms with Gasteiger partial charge in [-0.1, -0.05) is 0 Å². The lowest BCUT2D eigenvalue weighted by Gasteiger charge is -2.20. The van der Waals surface area contributed by atoms with E-state index in [4.69, 9.17) is 4.74 Å². The molecule has 2 aromatic rings. The van der Waals surface area contributed by atoms with Gasteiger partial charge in [-0.15, -0.1) is 0 Å². The molecule has 2 aromatic heterocycles. The van der Waals surface area contributed by atoms with E-state index in [1.807, 2.05) is 42.1 Å². The summed E-state index contributed by atoms with van der Waals surface area (Å²) in [5.74, 6) is 1.58. The standard InChI is InChI=1S/C16H20N4O2/c1-19(2)15-14(6-4-9-18-15)22-12-7-10-20(11-12)16(21)13-5-3-8-17-13/h3-6,8-9,12,17H,7,10-11H2,1-2H3/t12-/m1/s1. The Labute approximate surface area is 129 Å². The van der Waals surface area contributed by atoms with Crippen LogP contribution in [0.1, 0.15) is 16.9 Å². The molecule has 6 nitrogen and oxygen atoms in total. The first kappa shape index (κ1) is 14.4. The van der Waals surface area contributed by atoms with Gasteiger partial charge in [0, 0.05) is 39.5 Å². The van der Waals surface area contributed by atoms with E-state index in [1.54, 1.807) is 18.5 Å². The molecule has 1 saturated heterocycles. The van der Waals surface area contributed by atoms with Gasteiger partial charge in [0.2, 0.25) is 0 Å². The highest BCUT2D eigenvalue weighted by molar-refractivity contribution is 5.92. The van der Waals surface area contributed by atoms with Crippen molar-refractivity contribution in [2.45, 2.75) is 12.5 Å². The number of likely N-dealkylation sites (tertiary alicyclic amines) is 1. The zero-order valence-corrected chi connectivity index (χ0v) is 12.8. The average molecular weight is 300 g/mol. The summed E-state index contributed by atoms with van der Waals surface area (Å²) < 4.78 is 6.06. The fourth-order valence-corrected chi connectivity index (χ4v) is 2.63. The molecular weight excluding hydrogens is 280 g/mol. The number of carbonyl (C=O) groups is 1. The van der Waals surface area contributed by atoms with Gasteiger partial charge < -0.3 is 19.5 Å². The summed E-state index contributed by atoms with van der Waals surface area (Å²) in [6, 6.07) is 7.40. The highest BCUT2D eigenvalue weighted by atomic mass is 16.5. The van der Waals surface area contributed by atoms with Crippen LogP contribution >= 0.6 is 0 Å². The minimum Gasteiger partial charge on any atom is -0.485 e. The summed E-state index contributed by atoms with van der Waals surface area (Å²) in [5, 5.41) is 0. The molecule has 0 spiro atoms. The van der Waals surface area contributed by atoms with E-state index >= 15 is 0 Å². The van der Waals surface area contributed by atoms with E-state index in [2.05, 4.69) is 9.97 Å². The molecule has 1 aliphatic heterocycles. The Morgan fingerprint density at radius 1 is 1.41 bits per heavy atom. The summed E-state index contributed by atoms with van der Waals surface area (Å²) in [6.07, 6.45) is 4.34. The van der Waals surface area contributed by atoms with Gasteiger partial charge in [0.25, 0.3) is 5.91 Å². The summed E-state index contributed by atoms with van der Waals surface area (Å²) in [4.78, 5) is 23.3. The summed E-state index contributed by atoms with van der Waals surface area (Å²) in [7, 11) is 3.87. The number of anilines is 1. The van der Waals surface area contributed by atoms with E-state index in [9.17, 15) is 4.79 Å². The van der Waals surface area contributed by atoms with Gasteiger partial charge in [-0.05, 0) is 24.3 Å². The molecule has 0 saturated carbocycles. The quantitative estimate of drug-likeness (QED) is 0.935. The Balaban J connectivity index is 1.65. The van der Waals surface area contributed by atoms with E-state index in [0.29, 0.717) is 18.8 Å². The van der Waals surface area contributed by atoms with Crippen LogP contribution in [0.5, 0.6) is 5.75 Å². The van der Waals surface area contributed by atoms with Crippen molar-refractivity contribution in [2.24, 2.45) is 0 Å². The Hall–Kier alpha value is -2.50. The predicted molar refractivity (Wildman–Crippen MR) is 84.3 cm³/mol. The second-order valence-corrected chi connectivity index (χ2v) is 5.58. The third-order valence-electron chi connectivity index (χ3n) is 3.73. The Bertz CT molecular complexity index is 639. The van der Waals surface area contributed by atoms with E-state index in [0.717, 1.165) is 18.0 Å². The van der Waals surface area contributed by atoms with Crippen LogP contribution < -0.4 is 9.64 Å². The number of pyridine rings is 1. The van der Waals surface area contributed by atoms with Crippen molar-refractivity contribution < 1.29 is 9.53 Å². The van der Waals surface area contributed by atoms with E-state index in [1.165, 1.54) is 0 Å². The Morgan fingerprint density at radius 3 is 3.00 bits per heavy atom. The van der Waals surface area contributed by atoms with Gasteiger partial charge in [0.1, 0.15) is 11.8 Å². The third kappa shape index (κ3) is 2.90. The van der Waals surface area contributed by atoms with Crippen LogP contribution in [0, 0.1) is 0 Å². The number of aromatic amines is 1. The van der Waals surface area contributed by atoms with Crippen molar-refractivity contribution in [1.29, 1.82) is 0 Å². The van der Waals surface area contributed by atoms with E-state index in [-0.39, 0.29) is 12.0 Å². The van der Waals surface area contributed by atoms with Crippen LogP contribution in [0.2, 0.25) is 0 Å². The van der Waals surface area contributed by atoms with Gasteiger partial charge in [0.05, 0.1) is 6.54 Å². The number of nitrogens with one attached hydrogen (secondary N) is 1. The summed E-state index contributed by atoms with van der Waals surface area (Å²) in [6.45, 7) is 1.31. The number of nitrogens with zero attached hydrogens (tertiary/aromatic N) is 3. The lowest BCUT2D eigenvalue weighted by Crippen LogP contribution is -2.31. The lowest BCUT2D eigenvalue weighted by atomic mass is 10.3. The molecule has 0 radical (unpaired) electrons. The molecule has 116 valence electrons. The molecule has 0 bridgehead atoms. The lowest BCUT2D eigenvalue weighted by molar-refractivity contribution is 0.0767. The largest absolute Gasteiger partial charge is 0.485 e. The molecule has 1 fully saturated rings. The fraction of sp³-hybridized carbons (Fsp3) is 0.375. The number of H-pyrrole nitrogens is 1. The molecule has 1 atom stereocenters. The van der Waals surface area contributed by atoms with E-state index < -0.39 is 0 Å². The van der Waals surface area contributed by atoms with Crippen LogP contribution in [-0.4, -0.2) is 54.1 Å². The zero-order chi connectivity index (χ0) is 15.5. The van der Waals surface area contributed by atoms with Gasteiger partial charge in [-0.25, -0.2) is 4.98 Å². The van der Waals surface area contributed by atoms with Crippen molar-refractivity contribution in [3.8, 4) is 5.75 Å². The van der Waals surface area contributed by atoms with Gasteiger partial charge >= 0.3 is 0 Å². The molecular formula is C16H20N4O2. The van der Waals surface area contributed by atoms with Crippen molar-refractivity contribution in [1.82, 2.24) is 14.9 Å². The molecule has 1 aliphatic rings. The Morgan fingerprint density at radius 2 is 2.27 bits per heavy atom. The highest BCUT2D eigenvalue weighted by Crippen LogP contribution is 2.26. The average Bonchev–Trinajstić information content (AvgIpc) is 3.18. The number of carbonyl (C=O) groups excluding carboxylic acids is 1. The molecule has 3 rings (SSSR count). The number of ether oxygens (including phenoxy) is 1. The molecule has 0 unspecified atom stereocenters. The maximum Gasteiger partial charge on any atom is 0.270 e. The predicted octanol–water partition coefficient (Wildman–Crippen LogP) is 1.77. The van der Waals surface area contributed by atoms with Crippen molar-refractivity contribution in [3.63, 3.8) is 0 Å². The van der Waals surface area contributed by atoms with Crippen LogP contribution in [-0.2, 0) is 0 Å². The number of aromatic nitrogens is 2. The van der Waals surface area contributed by atoms with Crippen molar-refractivity contribution >= 4 is 11.7 Å². The third-order valence-corrected chi connectivity index (χ3v) is 3.73. The monoisotopic (exact) mass is 300 g/mol. The smallest absolute Gasteiger partial charge is 0.270 e. The van der Waals surface area contributed by atoms with Crippen molar-refractivity contribution in [3.05, 3.63) is 42.4 Å². The second kappa shape index (κ2) is 6.09. The molecule has 1 N–H and O–H groups in total. The molecule has 0 aliphatic carbocycles. The first-order valence-corrected chi connectivity index (χ1v) is 7.37. The highest BCUT2D eigenvalue weighted by Gasteiger charge is 2.29. The van der Waals surface area contributed by atoms with Gasteiger partial charge in [0.15, 0.2) is 11.6 Å². The molecule has 3 heterocycles. The topological polar surface area (TPSA) is 61.5 Å². The van der Waals surface area contributed by atoms with Crippen molar-refractivity contribution in [2.75, 3.05) is 32.1 Å². The second-order valence-electron chi connectivity index (χ2n) is 5.58. The minimum atomic E-state index is 0.00168. The number of amides is 1. The normalized spacial score (nSPS) is 17.5. The first-order valence-electron chi connectivity index (χ1n) is 7.37. The SMILES string of the molecule is CN(C)c1ncccc1O[C@@H]1CCN(C(=O)c2ccc[nH]2)C1. The Kier molecular flexibility index (Phi) is 4.00. The number of rotatable bonds is 4. The van der Waals surface area contributed by atoms with Crippen LogP contribution in [0.25, 0.3) is 0 Å². The fourth-order valence-electron chi connectivity index (χ4n) is 2.63. The van der Waals surface area contributed by atoms with Crippen LogP contribution in [0.15, 0.2) is 36.7 Å². The maximum absolute atomic E-state index is 12.3.